The lowest BCUT2D eigenvalue weighted by Crippen LogP contribution is -2.52. The van der Waals surface area contributed by atoms with E-state index in [-0.39, 0.29) is 37.1 Å². The van der Waals surface area contributed by atoms with Gasteiger partial charge in [0.2, 0.25) is 0 Å². The highest BCUT2D eigenvalue weighted by Crippen LogP contribution is 2.30. The summed E-state index contributed by atoms with van der Waals surface area (Å²) >= 11 is 0. The number of urea groups is 1. The summed E-state index contributed by atoms with van der Waals surface area (Å²) in [4.78, 5) is 14.0. The third kappa shape index (κ3) is 2.97. The first-order valence-corrected chi connectivity index (χ1v) is 8.69. The van der Waals surface area contributed by atoms with Crippen molar-refractivity contribution in [1.29, 1.82) is 0 Å². The lowest BCUT2D eigenvalue weighted by Gasteiger charge is -2.29. The number of rotatable bonds is 4. The number of aliphatic hydroxyl groups is 1. The van der Waals surface area contributed by atoms with Crippen LogP contribution in [0.1, 0.15) is 12.0 Å². The Labute approximate surface area is 151 Å². The molecule has 1 fully saturated rings. The van der Waals surface area contributed by atoms with Crippen molar-refractivity contribution >= 4 is 11.7 Å². The van der Waals surface area contributed by atoms with E-state index in [0.717, 1.165) is 22.5 Å². The van der Waals surface area contributed by atoms with Crippen molar-refractivity contribution in [2.45, 2.75) is 37.4 Å². The summed E-state index contributed by atoms with van der Waals surface area (Å²) in [5.41, 5.74) is 15.2. The molecular formula is C18H23N5O3. The van der Waals surface area contributed by atoms with Crippen LogP contribution < -0.4 is 27.0 Å². The van der Waals surface area contributed by atoms with Crippen LogP contribution in [0.2, 0.25) is 0 Å². The number of carbonyl (C=O) groups is 1. The molecule has 0 aliphatic carbocycles. The molecule has 3 heterocycles. The standard InChI is InChI=1S/C18H23N5O3/c19-7-10-1-3-12(4-2-10)23-8-11-5-14(21-17(11)22-18(23)25)15-6-13(20)16(9-24)26-15/h1-5,8,13,15-17,21,24H,6-7,9,19-20H2,(H,22,25). The van der Waals surface area contributed by atoms with E-state index >= 15 is 0 Å². The van der Waals surface area contributed by atoms with E-state index in [9.17, 15) is 9.90 Å². The Bertz CT molecular complexity index is 761. The molecule has 0 radical (unpaired) electrons. The van der Waals surface area contributed by atoms with Crippen LogP contribution in [-0.4, -0.2) is 42.2 Å². The fourth-order valence-corrected chi connectivity index (χ4v) is 3.50. The van der Waals surface area contributed by atoms with Crippen LogP contribution >= 0.6 is 0 Å². The van der Waals surface area contributed by atoms with Gasteiger partial charge in [-0.1, -0.05) is 12.1 Å². The van der Waals surface area contributed by atoms with Gasteiger partial charge in [0, 0.05) is 30.1 Å². The number of anilines is 1. The summed E-state index contributed by atoms with van der Waals surface area (Å²) < 4.78 is 5.81. The first-order valence-electron chi connectivity index (χ1n) is 8.69. The van der Waals surface area contributed by atoms with Gasteiger partial charge in [-0.05, 0) is 30.2 Å². The van der Waals surface area contributed by atoms with Crippen LogP contribution in [0.15, 0.2) is 47.8 Å². The van der Waals surface area contributed by atoms with E-state index in [2.05, 4.69) is 10.6 Å². The normalized spacial score (nSPS) is 30.4. The van der Waals surface area contributed by atoms with Gasteiger partial charge >= 0.3 is 6.03 Å². The average Bonchev–Trinajstić information content (AvgIpc) is 3.23. The molecule has 1 aromatic carbocycles. The number of hydrogen-bond donors (Lipinski definition) is 5. The molecule has 0 aromatic heterocycles. The molecule has 26 heavy (non-hydrogen) atoms. The fourth-order valence-electron chi connectivity index (χ4n) is 3.50. The highest BCUT2D eigenvalue weighted by atomic mass is 16.5. The van der Waals surface area contributed by atoms with Crippen molar-refractivity contribution in [2.24, 2.45) is 11.5 Å². The first kappa shape index (κ1) is 17.0. The fraction of sp³-hybridized carbons (Fsp3) is 0.389. The van der Waals surface area contributed by atoms with E-state index in [4.69, 9.17) is 16.2 Å². The Morgan fingerprint density at radius 2 is 2.04 bits per heavy atom. The molecule has 3 aliphatic heterocycles. The van der Waals surface area contributed by atoms with Gasteiger partial charge < -0.3 is 31.9 Å². The highest BCUT2D eigenvalue weighted by molar-refractivity contribution is 5.96. The predicted molar refractivity (Wildman–Crippen MR) is 96.8 cm³/mol. The van der Waals surface area contributed by atoms with E-state index in [1.807, 2.05) is 36.5 Å². The maximum Gasteiger partial charge on any atom is 0.327 e. The Hall–Kier alpha value is -2.39. The summed E-state index contributed by atoms with van der Waals surface area (Å²) in [5, 5.41) is 15.5. The van der Waals surface area contributed by atoms with Crippen LogP contribution in [0.4, 0.5) is 10.5 Å². The molecule has 4 unspecified atom stereocenters. The summed E-state index contributed by atoms with van der Waals surface area (Å²) in [6.45, 7) is 0.365. The molecule has 4 rings (SSSR count). The summed E-state index contributed by atoms with van der Waals surface area (Å²) in [7, 11) is 0. The van der Waals surface area contributed by atoms with Crippen LogP contribution in [0, 0.1) is 0 Å². The van der Waals surface area contributed by atoms with Crippen LogP contribution in [0.25, 0.3) is 0 Å². The van der Waals surface area contributed by atoms with Gasteiger partial charge in [-0.2, -0.15) is 0 Å². The van der Waals surface area contributed by atoms with E-state index in [0.29, 0.717) is 13.0 Å². The molecule has 7 N–H and O–H groups in total. The van der Waals surface area contributed by atoms with Crippen LogP contribution in [0.5, 0.6) is 0 Å². The molecule has 8 nitrogen and oxygen atoms in total. The first-order chi connectivity index (χ1) is 12.6. The molecule has 4 atom stereocenters. The van der Waals surface area contributed by atoms with Gasteiger partial charge in [0.15, 0.2) is 0 Å². The number of carbonyl (C=O) groups excluding carboxylic acids is 1. The Kier molecular flexibility index (Phi) is 4.41. The Morgan fingerprint density at radius 3 is 2.69 bits per heavy atom. The molecule has 0 spiro atoms. The van der Waals surface area contributed by atoms with Crippen molar-refractivity contribution in [1.82, 2.24) is 10.6 Å². The zero-order valence-electron chi connectivity index (χ0n) is 14.3. The Balaban J connectivity index is 1.55. The van der Waals surface area contributed by atoms with Crippen LogP contribution in [-0.2, 0) is 11.3 Å². The zero-order valence-corrected chi connectivity index (χ0v) is 14.3. The number of fused-ring (bicyclic) bond motifs is 1. The second kappa shape index (κ2) is 6.73. The maximum absolute atomic E-state index is 12.5. The quantitative estimate of drug-likeness (QED) is 0.510. The minimum Gasteiger partial charge on any atom is -0.394 e. The number of nitrogens with two attached hydrogens (primary N) is 2. The molecule has 0 saturated carbocycles. The van der Waals surface area contributed by atoms with Crippen molar-refractivity contribution < 1.29 is 14.6 Å². The second-order valence-electron chi connectivity index (χ2n) is 6.74. The smallest absolute Gasteiger partial charge is 0.327 e. The molecule has 1 saturated heterocycles. The van der Waals surface area contributed by atoms with Crippen molar-refractivity contribution in [2.75, 3.05) is 11.5 Å². The van der Waals surface area contributed by atoms with Gasteiger partial charge in [-0.25, -0.2) is 4.79 Å². The van der Waals surface area contributed by atoms with Gasteiger partial charge in [0.05, 0.1) is 24.5 Å². The predicted octanol–water partition coefficient (Wildman–Crippen LogP) is -0.151. The minimum absolute atomic E-state index is 0.0968. The average molecular weight is 357 g/mol. The van der Waals surface area contributed by atoms with Gasteiger partial charge in [0.25, 0.3) is 0 Å². The second-order valence-corrected chi connectivity index (χ2v) is 6.74. The largest absolute Gasteiger partial charge is 0.394 e. The minimum atomic E-state index is -0.355. The third-order valence-electron chi connectivity index (χ3n) is 5.01. The molecule has 8 heteroatoms. The van der Waals surface area contributed by atoms with E-state index in [1.165, 1.54) is 0 Å². The molecule has 2 amide bonds. The molecule has 0 bridgehead atoms. The number of hydrogen-bond acceptors (Lipinski definition) is 6. The number of ether oxygens (including phenoxy) is 1. The molecular weight excluding hydrogens is 334 g/mol. The van der Waals surface area contributed by atoms with Gasteiger partial charge in [-0.15, -0.1) is 0 Å². The third-order valence-corrected chi connectivity index (χ3v) is 5.01. The lowest BCUT2D eigenvalue weighted by atomic mass is 10.1. The molecule has 3 aliphatic rings. The van der Waals surface area contributed by atoms with E-state index < -0.39 is 0 Å². The summed E-state index contributed by atoms with van der Waals surface area (Å²) in [6.07, 6.45) is 3.57. The SMILES string of the molecule is NCc1ccc(N2C=C3C=C(C4CC(N)C(CO)O4)NC3NC2=O)cc1. The Morgan fingerprint density at radius 1 is 1.27 bits per heavy atom. The molecule has 138 valence electrons. The maximum atomic E-state index is 12.5. The topological polar surface area (TPSA) is 126 Å². The number of nitrogens with one attached hydrogen (secondary N) is 2. The molecule has 1 aromatic rings. The van der Waals surface area contributed by atoms with E-state index in [1.54, 1.807) is 4.90 Å². The van der Waals surface area contributed by atoms with Gasteiger partial charge in [0.1, 0.15) is 6.17 Å². The summed E-state index contributed by atoms with van der Waals surface area (Å²) in [6, 6.07) is 7.15. The monoisotopic (exact) mass is 357 g/mol. The zero-order chi connectivity index (χ0) is 18.3. The van der Waals surface area contributed by atoms with Crippen molar-refractivity contribution in [3.63, 3.8) is 0 Å². The van der Waals surface area contributed by atoms with Crippen molar-refractivity contribution in [3.05, 3.63) is 53.4 Å². The number of nitrogens with zero attached hydrogens (tertiary/aromatic N) is 1. The number of benzene rings is 1. The summed E-state index contributed by atoms with van der Waals surface area (Å²) in [5.74, 6) is 0. The number of aliphatic hydroxyl groups excluding tert-OH is 1. The lowest BCUT2D eigenvalue weighted by molar-refractivity contribution is 0.0199. The number of amides is 2. The van der Waals surface area contributed by atoms with Gasteiger partial charge in [-0.3, -0.25) is 4.90 Å². The highest BCUT2D eigenvalue weighted by Gasteiger charge is 2.39. The van der Waals surface area contributed by atoms with Crippen LogP contribution in [0.3, 0.4) is 0 Å². The van der Waals surface area contributed by atoms with Crippen molar-refractivity contribution in [3.8, 4) is 0 Å².